The number of hydrogen-bond donors (Lipinski definition) is 2. The van der Waals surface area contributed by atoms with Gasteiger partial charge >= 0.3 is 0 Å². The van der Waals surface area contributed by atoms with Crippen molar-refractivity contribution >= 4 is 11.8 Å². The Hall–Kier alpha value is -4.39. The molecule has 2 amide bonds. The van der Waals surface area contributed by atoms with Gasteiger partial charge in [0.1, 0.15) is 11.4 Å². The average Bonchev–Trinajstić information content (AvgIpc) is 3.27. The highest BCUT2D eigenvalue weighted by atomic mass is 16.5. The van der Waals surface area contributed by atoms with Crippen LogP contribution in [0, 0.1) is 0 Å². The number of ether oxygens (including phenoxy) is 1. The summed E-state index contributed by atoms with van der Waals surface area (Å²) in [5.41, 5.74) is 9.48. The fourth-order valence-electron chi connectivity index (χ4n) is 3.49. The number of amides is 2. The van der Waals surface area contributed by atoms with Crippen LogP contribution in [-0.4, -0.2) is 28.7 Å². The van der Waals surface area contributed by atoms with E-state index in [9.17, 15) is 9.59 Å². The molecule has 4 aromatic rings. The van der Waals surface area contributed by atoms with Crippen molar-refractivity contribution in [1.82, 2.24) is 15.1 Å². The van der Waals surface area contributed by atoms with Crippen molar-refractivity contribution < 1.29 is 14.3 Å². The first-order chi connectivity index (χ1) is 16.0. The van der Waals surface area contributed by atoms with Crippen molar-refractivity contribution in [1.29, 1.82) is 0 Å². The molecule has 0 spiro atoms. The van der Waals surface area contributed by atoms with E-state index in [-0.39, 0.29) is 5.91 Å². The lowest BCUT2D eigenvalue weighted by Crippen LogP contribution is -2.23. The van der Waals surface area contributed by atoms with Gasteiger partial charge in [0.2, 0.25) is 5.91 Å². The summed E-state index contributed by atoms with van der Waals surface area (Å²) >= 11 is 0. The second kappa shape index (κ2) is 9.82. The summed E-state index contributed by atoms with van der Waals surface area (Å²) < 4.78 is 7.11. The third kappa shape index (κ3) is 5.27. The van der Waals surface area contributed by atoms with E-state index in [1.54, 1.807) is 42.3 Å². The highest BCUT2D eigenvalue weighted by Crippen LogP contribution is 2.26. The summed E-state index contributed by atoms with van der Waals surface area (Å²) in [4.78, 5) is 24.4. The first-order valence-corrected chi connectivity index (χ1v) is 10.5. The van der Waals surface area contributed by atoms with Crippen LogP contribution in [0.5, 0.6) is 5.75 Å². The Kier molecular flexibility index (Phi) is 6.50. The van der Waals surface area contributed by atoms with Gasteiger partial charge in [-0.25, -0.2) is 0 Å². The summed E-state index contributed by atoms with van der Waals surface area (Å²) in [6.07, 6.45) is 1.76. The van der Waals surface area contributed by atoms with Gasteiger partial charge < -0.3 is 15.8 Å². The molecule has 0 atom stereocenters. The molecule has 7 heteroatoms. The molecule has 3 aromatic carbocycles. The molecule has 0 aliphatic rings. The molecule has 33 heavy (non-hydrogen) atoms. The fraction of sp³-hybridized carbons (Fsp3) is 0.115. The molecule has 7 nitrogen and oxygen atoms in total. The fourth-order valence-corrected chi connectivity index (χ4v) is 3.49. The largest absolute Gasteiger partial charge is 0.497 e. The molecule has 0 bridgehead atoms. The zero-order valence-electron chi connectivity index (χ0n) is 18.2. The number of methoxy groups -OCH3 is 1. The predicted molar refractivity (Wildman–Crippen MR) is 126 cm³/mol. The van der Waals surface area contributed by atoms with Gasteiger partial charge in [-0.15, -0.1) is 0 Å². The number of aromatic nitrogens is 2. The Morgan fingerprint density at radius 2 is 1.73 bits per heavy atom. The van der Waals surface area contributed by atoms with E-state index in [1.165, 1.54) is 0 Å². The smallest absolute Gasteiger partial charge is 0.255 e. The van der Waals surface area contributed by atoms with E-state index >= 15 is 0 Å². The van der Waals surface area contributed by atoms with Gasteiger partial charge in [0, 0.05) is 23.9 Å². The van der Waals surface area contributed by atoms with Crippen LogP contribution < -0.4 is 15.8 Å². The summed E-state index contributed by atoms with van der Waals surface area (Å²) in [5.74, 6) is -0.0449. The van der Waals surface area contributed by atoms with Crippen molar-refractivity contribution in [2.75, 3.05) is 7.11 Å². The van der Waals surface area contributed by atoms with Crippen molar-refractivity contribution in [3.8, 4) is 17.0 Å². The lowest BCUT2D eigenvalue weighted by molar-refractivity contribution is 0.0949. The molecule has 0 saturated carbocycles. The third-order valence-corrected chi connectivity index (χ3v) is 5.23. The Labute approximate surface area is 191 Å². The van der Waals surface area contributed by atoms with Gasteiger partial charge in [0.15, 0.2) is 0 Å². The Morgan fingerprint density at radius 3 is 2.42 bits per heavy atom. The Bertz CT molecular complexity index is 1260. The maximum atomic E-state index is 13.1. The molecule has 166 valence electrons. The number of carbonyl (C=O) groups is 2. The molecule has 3 N–H and O–H groups in total. The summed E-state index contributed by atoms with van der Waals surface area (Å²) in [6, 6.07) is 24.2. The summed E-state index contributed by atoms with van der Waals surface area (Å²) in [5, 5.41) is 7.65. The number of nitrogens with one attached hydrogen (secondary N) is 1. The van der Waals surface area contributed by atoms with E-state index in [2.05, 4.69) is 5.32 Å². The minimum atomic E-state index is -0.487. The monoisotopic (exact) mass is 440 g/mol. The molecule has 1 heterocycles. The number of nitrogens with zero attached hydrogens (tertiary/aromatic N) is 2. The molecular formula is C26H24N4O3. The normalized spacial score (nSPS) is 10.6. The van der Waals surface area contributed by atoms with Gasteiger partial charge in [-0.2, -0.15) is 5.10 Å². The lowest BCUT2D eigenvalue weighted by atomic mass is 10.1. The van der Waals surface area contributed by atoms with Gasteiger partial charge in [-0.1, -0.05) is 54.6 Å². The highest BCUT2D eigenvalue weighted by molar-refractivity contribution is 6.00. The molecule has 0 aliphatic heterocycles. The third-order valence-electron chi connectivity index (χ3n) is 5.23. The maximum absolute atomic E-state index is 13.1. The van der Waals surface area contributed by atoms with Crippen LogP contribution in [0.15, 0.2) is 85.1 Å². The molecule has 4 rings (SSSR count). The van der Waals surface area contributed by atoms with Gasteiger partial charge in [-0.3, -0.25) is 14.3 Å². The maximum Gasteiger partial charge on any atom is 0.255 e. The standard InChI is InChI=1S/C26H24N4O3/c1-33-22-9-5-8-21(14-22)24-23(17-30(29-24)16-19-6-3-2-4-7-19)26(32)28-15-18-10-12-20(13-11-18)25(27)31/h2-14,17H,15-16H2,1H3,(H2,27,31)(H,28,32). The zero-order chi connectivity index (χ0) is 23.2. The Balaban J connectivity index is 1.60. The summed E-state index contributed by atoms with van der Waals surface area (Å²) in [6.45, 7) is 0.846. The lowest BCUT2D eigenvalue weighted by Gasteiger charge is -2.07. The van der Waals surface area contributed by atoms with Gasteiger partial charge in [0.05, 0.1) is 19.2 Å². The van der Waals surface area contributed by atoms with E-state index < -0.39 is 5.91 Å². The topological polar surface area (TPSA) is 99.2 Å². The first-order valence-electron chi connectivity index (χ1n) is 10.5. The van der Waals surface area contributed by atoms with Crippen LogP contribution in [0.25, 0.3) is 11.3 Å². The van der Waals surface area contributed by atoms with Crippen LogP contribution >= 0.6 is 0 Å². The van der Waals surface area contributed by atoms with E-state index in [0.717, 1.165) is 16.7 Å². The van der Waals surface area contributed by atoms with E-state index in [4.69, 9.17) is 15.6 Å². The van der Waals surface area contributed by atoms with Gasteiger partial charge in [-0.05, 0) is 35.4 Å². The van der Waals surface area contributed by atoms with E-state index in [0.29, 0.717) is 35.7 Å². The number of hydrogen-bond acceptors (Lipinski definition) is 4. The highest BCUT2D eigenvalue weighted by Gasteiger charge is 2.18. The number of rotatable bonds is 8. The van der Waals surface area contributed by atoms with Crippen molar-refractivity contribution in [2.45, 2.75) is 13.1 Å². The minimum absolute atomic E-state index is 0.244. The average molecular weight is 441 g/mol. The van der Waals surface area contributed by atoms with Gasteiger partial charge in [0.25, 0.3) is 5.91 Å². The number of nitrogens with two attached hydrogens (primary N) is 1. The minimum Gasteiger partial charge on any atom is -0.497 e. The molecule has 0 aliphatic carbocycles. The first kappa shape index (κ1) is 21.8. The molecule has 0 saturated heterocycles. The molecule has 0 fully saturated rings. The number of primary amides is 1. The Morgan fingerprint density at radius 1 is 0.970 bits per heavy atom. The van der Waals surface area contributed by atoms with E-state index in [1.807, 2.05) is 54.6 Å². The number of benzene rings is 3. The number of carbonyl (C=O) groups excluding carboxylic acids is 2. The summed E-state index contributed by atoms with van der Waals surface area (Å²) in [7, 11) is 1.60. The second-order valence-corrected chi connectivity index (χ2v) is 7.55. The van der Waals surface area contributed by atoms with Crippen LogP contribution in [0.4, 0.5) is 0 Å². The van der Waals surface area contributed by atoms with Crippen LogP contribution in [0.2, 0.25) is 0 Å². The molecular weight excluding hydrogens is 416 g/mol. The molecule has 0 unspecified atom stereocenters. The van der Waals surface area contributed by atoms with Crippen molar-refractivity contribution in [2.24, 2.45) is 5.73 Å². The van der Waals surface area contributed by atoms with Crippen LogP contribution in [0.1, 0.15) is 31.8 Å². The second-order valence-electron chi connectivity index (χ2n) is 7.55. The quantitative estimate of drug-likeness (QED) is 0.437. The molecule has 1 aromatic heterocycles. The zero-order valence-corrected chi connectivity index (χ0v) is 18.2. The van der Waals surface area contributed by atoms with Crippen LogP contribution in [0.3, 0.4) is 0 Å². The van der Waals surface area contributed by atoms with Crippen LogP contribution in [-0.2, 0) is 13.1 Å². The van der Waals surface area contributed by atoms with Crippen molar-refractivity contribution in [3.05, 3.63) is 107 Å². The van der Waals surface area contributed by atoms with Crippen molar-refractivity contribution in [3.63, 3.8) is 0 Å². The predicted octanol–water partition coefficient (Wildman–Crippen LogP) is 3.64. The SMILES string of the molecule is COc1cccc(-c2nn(Cc3ccccc3)cc2C(=O)NCc2ccc(C(N)=O)cc2)c1. The molecule has 0 radical (unpaired) electrons.